The van der Waals surface area contributed by atoms with E-state index in [9.17, 15) is 4.79 Å². The average molecular weight is 273 g/mol. The molecule has 0 aliphatic heterocycles. The van der Waals surface area contributed by atoms with Crippen LogP contribution in [-0.2, 0) is 6.54 Å². The molecule has 1 aliphatic carbocycles. The summed E-state index contributed by atoms with van der Waals surface area (Å²) in [5, 5.41) is 17.4. The Labute approximate surface area is 117 Å². The highest BCUT2D eigenvalue weighted by molar-refractivity contribution is 5.92. The standard InChI is InChI=1S/C15H19N3O2/c1-15(7-3-2-4-8-15)10-18-13-9-11(14(19)20)5-6-12(13)16-17-18/h5-6,9H,2-4,7-8,10H2,1H3,(H,19,20). The molecule has 20 heavy (non-hydrogen) atoms. The van der Waals surface area contributed by atoms with E-state index in [2.05, 4.69) is 17.2 Å². The number of rotatable bonds is 3. The van der Waals surface area contributed by atoms with Gasteiger partial charge in [0.2, 0.25) is 0 Å². The second kappa shape index (κ2) is 4.89. The third-order valence-electron chi connectivity index (χ3n) is 4.35. The molecule has 0 radical (unpaired) electrons. The van der Waals surface area contributed by atoms with Crippen molar-refractivity contribution >= 4 is 17.0 Å². The molecule has 0 amide bonds. The van der Waals surface area contributed by atoms with Crippen LogP contribution in [0.4, 0.5) is 0 Å². The van der Waals surface area contributed by atoms with Crippen LogP contribution in [-0.4, -0.2) is 26.1 Å². The maximum atomic E-state index is 11.1. The number of benzene rings is 1. The van der Waals surface area contributed by atoms with Crippen molar-refractivity contribution in [2.45, 2.75) is 45.6 Å². The first kappa shape index (κ1) is 13.1. The van der Waals surface area contributed by atoms with E-state index in [1.165, 1.54) is 32.1 Å². The number of carbonyl (C=O) groups is 1. The number of carboxylic acid groups (broad SMARTS) is 1. The van der Waals surface area contributed by atoms with Gasteiger partial charge in [-0.05, 0) is 36.5 Å². The molecule has 5 nitrogen and oxygen atoms in total. The molecule has 3 rings (SSSR count). The van der Waals surface area contributed by atoms with E-state index in [1.54, 1.807) is 18.2 Å². The van der Waals surface area contributed by atoms with E-state index >= 15 is 0 Å². The number of hydrogen-bond acceptors (Lipinski definition) is 3. The van der Waals surface area contributed by atoms with E-state index in [0.717, 1.165) is 17.6 Å². The first-order valence-electron chi connectivity index (χ1n) is 7.14. The SMILES string of the molecule is CC1(Cn2nnc3ccc(C(=O)O)cc32)CCCCC1. The predicted octanol–water partition coefficient (Wildman–Crippen LogP) is 3.10. The van der Waals surface area contributed by atoms with Gasteiger partial charge in [-0.1, -0.05) is 31.4 Å². The minimum Gasteiger partial charge on any atom is -0.478 e. The zero-order chi connectivity index (χ0) is 14.2. The van der Waals surface area contributed by atoms with Gasteiger partial charge < -0.3 is 5.11 Å². The third kappa shape index (κ3) is 2.40. The fraction of sp³-hybridized carbons (Fsp3) is 0.533. The Morgan fingerprint density at radius 3 is 2.80 bits per heavy atom. The molecule has 1 fully saturated rings. The monoisotopic (exact) mass is 273 g/mol. The molecule has 0 bridgehead atoms. The normalized spacial score (nSPS) is 18.2. The highest BCUT2D eigenvalue weighted by Crippen LogP contribution is 2.37. The minimum atomic E-state index is -0.913. The Balaban J connectivity index is 1.94. The number of carboxylic acids is 1. The highest BCUT2D eigenvalue weighted by atomic mass is 16.4. The van der Waals surface area contributed by atoms with Gasteiger partial charge in [0, 0.05) is 6.54 Å². The van der Waals surface area contributed by atoms with Crippen molar-refractivity contribution in [3.63, 3.8) is 0 Å². The molecule has 0 spiro atoms. The Kier molecular flexibility index (Phi) is 3.20. The van der Waals surface area contributed by atoms with Crippen LogP contribution in [0.15, 0.2) is 18.2 Å². The maximum absolute atomic E-state index is 11.1. The Morgan fingerprint density at radius 2 is 2.10 bits per heavy atom. The summed E-state index contributed by atoms with van der Waals surface area (Å²) in [6.07, 6.45) is 6.25. The smallest absolute Gasteiger partial charge is 0.335 e. The molecule has 1 aromatic heterocycles. The zero-order valence-corrected chi connectivity index (χ0v) is 11.7. The van der Waals surface area contributed by atoms with Gasteiger partial charge in [0.15, 0.2) is 0 Å². The third-order valence-corrected chi connectivity index (χ3v) is 4.35. The van der Waals surface area contributed by atoms with Gasteiger partial charge in [-0.2, -0.15) is 0 Å². The molecule has 1 N–H and O–H groups in total. The lowest BCUT2D eigenvalue weighted by Crippen LogP contribution is -2.26. The number of hydrogen-bond donors (Lipinski definition) is 1. The van der Waals surface area contributed by atoms with E-state index in [0.29, 0.717) is 0 Å². The summed E-state index contributed by atoms with van der Waals surface area (Å²) < 4.78 is 1.87. The van der Waals surface area contributed by atoms with Crippen LogP contribution < -0.4 is 0 Å². The molecular weight excluding hydrogens is 254 g/mol. The molecule has 5 heteroatoms. The van der Waals surface area contributed by atoms with Gasteiger partial charge in [-0.15, -0.1) is 5.10 Å². The number of aromatic nitrogens is 3. The van der Waals surface area contributed by atoms with Gasteiger partial charge in [-0.25, -0.2) is 9.48 Å². The fourth-order valence-electron chi connectivity index (χ4n) is 3.14. The molecule has 0 atom stereocenters. The van der Waals surface area contributed by atoms with Gasteiger partial charge in [0.05, 0.1) is 11.1 Å². The molecule has 0 unspecified atom stereocenters. The van der Waals surface area contributed by atoms with Crippen molar-refractivity contribution in [3.05, 3.63) is 23.8 Å². The quantitative estimate of drug-likeness (QED) is 0.933. The number of fused-ring (bicyclic) bond motifs is 1. The van der Waals surface area contributed by atoms with Crippen LogP contribution in [0.25, 0.3) is 11.0 Å². The van der Waals surface area contributed by atoms with Gasteiger partial charge >= 0.3 is 5.97 Å². The minimum absolute atomic E-state index is 0.248. The molecule has 106 valence electrons. The van der Waals surface area contributed by atoms with Crippen molar-refractivity contribution in [3.8, 4) is 0 Å². The van der Waals surface area contributed by atoms with Crippen molar-refractivity contribution in [2.24, 2.45) is 5.41 Å². The van der Waals surface area contributed by atoms with E-state index < -0.39 is 5.97 Å². The second-order valence-corrected chi connectivity index (χ2v) is 6.13. The van der Waals surface area contributed by atoms with Crippen molar-refractivity contribution < 1.29 is 9.90 Å². The molecule has 1 saturated carbocycles. The van der Waals surface area contributed by atoms with Crippen molar-refractivity contribution in [1.29, 1.82) is 0 Å². The van der Waals surface area contributed by atoms with Gasteiger partial charge in [0.25, 0.3) is 0 Å². The lowest BCUT2D eigenvalue weighted by molar-refractivity contribution is 0.0697. The highest BCUT2D eigenvalue weighted by Gasteiger charge is 2.28. The Morgan fingerprint density at radius 1 is 1.35 bits per heavy atom. The molecule has 0 saturated heterocycles. The first-order valence-corrected chi connectivity index (χ1v) is 7.14. The summed E-state index contributed by atoms with van der Waals surface area (Å²) in [6.45, 7) is 3.10. The maximum Gasteiger partial charge on any atom is 0.335 e. The summed E-state index contributed by atoms with van der Waals surface area (Å²) in [4.78, 5) is 11.1. The second-order valence-electron chi connectivity index (χ2n) is 6.13. The summed E-state index contributed by atoms with van der Waals surface area (Å²) >= 11 is 0. The zero-order valence-electron chi connectivity index (χ0n) is 11.7. The molecular formula is C15H19N3O2. The first-order chi connectivity index (χ1) is 9.57. The van der Waals surface area contributed by atoms with Crippen LogP contribution in [0.5, 0.6) is 0 Å². The van der Waals surface area contributed by atoms with Crippen LogP contribution >= 0.6 is 0 Å². The summed E-state index contributed by atoms with van der Waals surface area (Å²) in [5.41, 5.74) is 2.11. The summed E-state index contributed by atoms with van der Waals surface area (Å²) in [6, 6.07) is 4.97. The average Bonchev–Trinajstić information content (AvgIpc) is 2.81. The van der Waals surface area contributed by atoms with Gasteiger partial charge in [0.1, 0.15) is 5.52 Å². The number of aromatic carboxylic acids is 1. The van der Waals surface area contributed by atoms with E-state index in [1.807, 2.05) is 4.68 Å². The Bertz CT molecular complexity index is 642. The summed E-state index contributed by atoms with van der Waals surface area (Å²) in [7, 11) is 0. The van der Waals surface area contributed by atoms with Crippen LogP contribution in [0.1, 0.15) is 49.4 Å². The summed E-state index contributed by atoms with van der Waals surface area (Å²) in [5.74, 6) is -0.913. The van der Waals surface area contributed by atoms with Crippen molar-refractivity contribution in [2.75, 3.05) is 0 Å². The lowest BCUT2D eigenvalue weighted by atomic mass is 9.76. The largest absolute Gasteiger partial charge is 0.478 e. The van der Waals surface area contributed by atoms with Crippen LogP contribution in [0.3, 0.4) is 0 Å². The topological polar surface area (TPSA) is 68.0 Å². The predicted molar refractivity (Wildman–Crippen MR) is 75.7 cm³/mol. The molecule has 1 aromatic carbocycles. The fourth-order valence-corrected chi connectivity index (χ4v) is 3.14. The van der Waals surface area contributed by atoms with Crippen LogP contribution in [0.2, 0.25) is 0 Å². The Hall–Kier alpha value is -1.91. The molecule has 2 aromatic rings. The molecule has 1 aliphatic rings. The van der Waals surface area contributed by atoms with Crippen LogP contribution in [0, 0.1) is 5.41 Å². The molecule has 1 heterocycles. The number of nitrogens with zero attached hydrogens (tertiary/aromatic N) is 3. The lowest BCUT2D eigenvalue weighted by Gasteiger charge is -2.33. The van der Waals surface area contributed by atoms with Crippen molar-refractivity contribution in [1.82, 2.24) is 15.0 Å². The van der Waals surface area contributed by atoms with E-state index in [-0.39, 0.29) is 11.0 Å². The van der Waals surface area contributed by atoms with E-state index in [4.69, 9.17) is 5.11 Å². The van der Waals surface area contributed by atoms with Gasteiger partial charge in [-0.3, -0.25) is 0 Å².